The van der Waals surface area contributed by atoms with E-state index >= 15 is 0 Å². The molecule has 12 nitrogen and oxygen atoms in total. The number of benzene rings is 4. The molecule has 4 aliphatic carbocycles. The monoisotopic (exact) mass is 1120 g/mol. The van der Waals surface area contributed by atoms with Crippen LogP contribution in [0.1, 0.15) is 104 Å². The predicted molar refractivity (Wildman–Crippen MR) is 321 cm³/mol. The fraction of sp³-hybridized carbons (Fsp3) is 0.294. The smallest absolute Gasteiger partial charge is 0.657 e. The van der Waals surface area contributed by atoms with E-state index in [-0.39, 0.29) is 85.7 Å². The van der Waals surface area contributed by atoms with Gasteiger partial charge in [-0.3, -0.25) is 19.2 Å². The molecular formula is C68H64CoN8O4. The Labute approximate surface area is 482 Å². The van der Waals surface area contributed by atoms with Crippen LogP contribution in [0.3, 0.4) is 0 Å². The molecule has 4 fully saturated rings. The first-order valence-electron chi connectivity index (χ1n) is 27.9. The summed E-state index contributed by atoms with van der Waals surface area (Å²) in [5.41, 5.74) is 12.0. The zero-order chi connectivity index (χ0) is 55.6. The van der Waals surface area contributed by atoms with E-state index in [1.165, 1.54) is 0 Å². The van der Waals surface area contributed by atoms with Crippen molar-refractivity contribution in [2.24, 2.45) is 45.3 Å². The van der Waals surface area contributed by atoms with Crippen LogP contribution < -0.4 is 31.2 Å². The van der Waals surface area contributed by atoms with Crippen molar-refractivity contribution >= 4 is 92.7 Å². The van der Waals surface area contributed by atoms with E-state index in [0.29, 0.717) is 89.8 Å². The Bertz CT molecular complexity index is 3670. The van der Waals surface area contributed by atoms with E-state index in [9.17, 15) is 19.2 Å². The molecule has 0 unspecified atom stereocenters. The van der Waals surface area contributed by atoms with Gasteiger partial charge in [0.2, 0.25) is 23.6 Å². The fourth-order valence-electron chi connectivity index (χ4n) is 12.0. The number of anilines is 4. The molecule has 81 heavy (non-hydrogen) atoms. The molecule has 4 atom stereocenters. The first-order valence-corrected chi connectivity index (χ1v) is 27.9. The van der Waals surface area contributed by atoms with Crippen LogP contribution >= 0.6 is 0 Å². The van der Waals surface area contributed by atoms with Gasteiger partial charge in [0.05, 0.1) is 45.5 Å². The van der Waals surface area contributed by atoms with E-state index < -0.39 is 0 Å². The number of nitrogens with one attached hydrogen (secondary N) is 4. The summed E-state index contributed by atoms with van der Waals surface area (Å²) in [7, 11) is 0. The topological polar surface area (TPSA) is 170 Å². The molecule has 4 saturated carbocycles. The number of rotatable bonds is 12. The Morgan fingerprint density at radius 2 is 0.605 bits per heavy atom. The van der Waals surface area contributed by atoms with Crippen molar-refractivity contribution in [3.05, 3.63) is 144 Å². The summed E-state index contributed by atoms with van der Waals surface area (Å²) in [5.74, 6) is -1.06. The number of hydrogen-bond donors (Lipinski definition) is 4. The minimum atomic E-state index is -0.175. The van der Waals surface area contributed by atoms with E-state index in [1.54, 1.807) is 0 Å². The summed E-state index contributed by atoms with van der Waals surface area (Å²) >= 11 is 0. The molecule has 4 amide bonds. The van der Waals surface area contributed by atoms with Crippen molar-refractivity contribution in [3.63, 3.8) is 0 Å². The third-order valence-electron chi connectivity index (χ3n) is 17.7. The van der Waals surface area contributed by atoms with Crippen molar-refractivity contribution in [1.29, 1.82) is 0 Å². The van der Waals surface area contributed by atoms with Crippen LogP contribution in [0.25, 0.3) is 90.9 Å². The van der Waals surface area contributed by atoms with Gasteiger partial charge in [-0.1, -0.05) is 152 Å². The third-order valence-corrected chi connectivity index (χ3v) is 17.7. The van der Waals surface area contributed by atoms with Crippen LogP contribution in [0.5, 0.6) is 0 Å². The van der Waals surface area contributed by atoms with Crippen LogP contribution in [0, 0.1) is 45.3 Å². The second kappa shape index (κ2) is 19.6. The van der Waals surface area contributed by atoms with E-state index in [2.05, 4.69) is 76.7 Å². The predicted octanol–water partition coefficient (Wildman–Crippen LogP) is 14.5. The van der Waals surface area contributed by atoms with E-state index in [0.717, 1.165) is 47.9 Å². The summed E-state index contributed by atoms with van der Waals surface area (Å²) in [5, 5.41) is 13.3. The molecule has 3 aromatic heterocycles. The molecule has 0 spiro atoms. The Morgan fingerprint density at radius 3 is 0.864 bits per heavy atom. The molecular weight excluding hydrogens is 1050 g/mol. The molecule has 2 aliphatic heterocycles. The Kier molecular flexibility index (Phi) is 12.9. The van der Waals surface area contributed by atoms with Crippen LogP contribution in [-0.4, -0.2) is 33.6 Å². The van der Waals surface area contributed by atoms with E-state index in [4.69, 9.17) is 19.9 Å². The number of hydrogen-bond acceptors (Lipinski definition) is 6. The van der Waals surface area contributed by atoms with Crippen LogP contribution in [-0.2, 0) is 36.0 Å². The zero-order valence-corrected chi connectivity index (χ0v) is 47.8. The Morgan fingerprint density at radius 1 is 0.358 bits per heavy atom. The summed E-state index contributed by atoms with van der Waals surface area (Å²) in [6.45, 7) is 16.8. The van der Waals surface area contributed by atoms with Crippen molar-refractivity contribution in [1.82, 2.24) is 19.9 Å². The van der Waals surface area contributed by atoms with E-state index in [1.807, 2.05) is 146 Å². The summed E-state index contributed by atoms with van der Waals surface area (Å²) in [6, 6.07) is 39.3. The second-order valence-corrected chi connectivity index (χ2v) is 25.5. The molecule has 1 radical (unpaired) electrons. The largest absolute Gasteiger partial charge is 2.00 e. The minimum absolute atomic E-state index is 0. The second-order valence-electron chi connectivity index (χ2n) is 25.5. The summed E-state index contributed by atoms with van der Waals surface area (Å²) in [6.07, 6.45) is 11.0. The Hall–Kier alpha value is -8.13. The summed E-state index contributed by atoms with van der Waals surface area (Å²) < 4.78 is 0. The Balaban J connectivity index is 0.00000651. The molecule has 6 aliphatic rings. The van der Waals surface area contributed by atoms with Gasteiger partial charge in [0, 0.05) is 34.8 Å². The molecule has 4 aromatic carbocycles. The van der Waals surface area contributed by atoms with Gasteiger partial charge in [0.15, 0.2) is 0 Å². The molecule has 4 N–H and O–H groups in total. The molecule has 5 heterocycles. The first kappa shape index (κ1) is 53.5. The van der Waals surface area contributed by atoms with Gasteiger partial charge in [-0.05, 0) is 129 Å². The maximum Gasteiger partial charge on any atom is 2.00 e. The van der Waals surface area contributed by atoms with Gasteiger partial charge in [0.25, 0.3) is 0 Å². The maximum absolute atomic E-state index is 14.2. The minimum Gasteiger partial charge on any atom is -0.657 e. The average molecular weight is 1120 g/mol. The van der Waals surface area contributed by atoms with Gasteiger partial charge in [0.1, 0.15) is 0 Å². The van der Waals surface area contributed by atoms with Gasteiger partial charge in [-0.2, -0.15) is 0 Å². The standard InChI is InChI=1S/C68H66N8O4.Co/c1-65(2)33-39(65)61(77)73-43-21-15-22-44(74-62(78)40-34-66(40,3)4)57(43)59-51-29-25-47(69-51)55(37-17-11-9-12-18-37)49-27-31-53(71-49)60(54-32-28-50(72-54)56(38-19-13-10-14-20-38)48-26-30-52(59)70-48)58-45(75-63(79)41-35-67(41,5)6)23-16-24-46(58)76-64(80)42-36-68(42,7)8;/h9-32,39-42H,33-36H2,1-8H3,(H6,69,70,71,72,73,74,75,76,77,78,79,80);/q;+2/p-2/t39-,40+,41-,42+;. The molecule has 13 heteroatoms. The number of amides is 4. The van der Waals surface area contributed by atoms with Crippen molar-refractivity contribution in [3.8, 4) is 44.5 Å². The molecule has 409 valence electrons. The normalized spacial score (nSPS) is 20.5. The average Bonchev–Trinajstić information content (AvgIpc) is 4.38. The first-order chi connectivity index (χ1) is 38.2. The SMILES string of the molecule is CC1(C)C[C@@H]1C(=O)Nc1cccc(NC(=O)[C@@H]2CC2(C)C)c1-c1c2nc(c(-c3ccccc3)c3ccc([n-]3)c(-c3c(NC(=O)[C@H]4CC4(C)C)cccc3NC(=O)[C@@H]3CC3(C)C)c3nc(c(-c4ccccc4)c4ccc1[n-]4)C=C3)C=C2.[Co+2]. The molecule has 7 aromatic rings. The third kappa shape index (κ3) is 9.94. The van der Waals surface area contributed by atoms with Crippen LogP contribution in [0.15, 0.2) is 121 Å². The number of aromatic nitrogens is 4. The molecule has 13 rings (SSSR count). The van der Waals surface area contributed by atoms with Gasteiger partial charge >= 0.3 is 16.8 Å². The maximum atomic E-state index is 14.2. The van der Waals surface area contributed by atoms with Crippen molar-refractivity contribution in [2.75, 3.05) is 21.3 Å². The van der Waals surface area contributed by atoms with Gasteiger partial charge < -0.3 is 31.2 Å². The number of carbonyl (C=O) groups excluding carboxylic acids is 4. The quantitative estimate of drug-likeness (QED) is 0.0937. The summed E-state index contributed by atoms with van der Waals surface area (Å²) in [4.78, 5) is 79.0. The molecule has 8 bridgehead atoms. The van der Waals surface area contributed by atoms with Gasteiger partial charge in [-0.25, -0.2) is 9.97 Å². The number of nitrogens with zero attached hydrogens (tertiary/aromatic N) is 4. The fourth-order valence-corrected chi connectivity index (χ4v) is 12.0. The molecule has 0 saturated heterocycles. The zero-order valence-electron chi connectivity index (χ0n) is 46.7. The van der Waals surface area contributed by atoms with Crippen LogP contribution in [0.2, 0.25) is 0 Å². The number of fused-ring (bicyclic) bond motifs is 8. The number of carbonyl (C=O) groups is 4. The van der Waals surface area contributed by atoms with Crippen LogP contribution in [0.4, 0.5) is 22.7 Å². The van der Waals surface area contributed by atoms with Crippen molar-refractivity contribution in [2.45, 2.75) is 81.1 Å². The van der Waals surface area contributed by atoms with Crippen molar-refractivity contribution < 1.29 is 36.0 Å². The van der Waals surface area contributed by atoms with Gasteiger partial charge in [-0.15, -0.1) is 22.1 Å².